The lowest BCUT2D eigenvalue weighted by atomic mass is 10.1. The number of nitrogen functional groups attached to an aromatic ring is 1. The second-order valence-corrected chi connectivity index (χ2v) is 8.91. The van der Waals surface area contributed by atoms with Gasteiger partial charge < -0.3 is 21.1 Å². The molecule has 5 rings (SSSR count). The number of amides is 1. The summed E-state index contributed by atoms with van der Waals surface area (Å²) in [6.07, 6.45) is 3.60. The Kier molecular flexibility index (Phi) is 6.52. The van der Waals surface area contributed by atoms with Crippen LogP contribution in [0.2, 0.25) is 5.02 Å². The molecule has 3 heterocycles. The molecule has 0 radical (unpaired) electrons. The molecule has 2 aromatic heterocycles. The Hall–Kier alpha value is -3.69. The molecule has 180 valence electrons. The summed E-state index contributed by atoms with van der Waals surface area (Å²) in [7, 11) is 1.52. The van der Waals surface area contributed by atoms with Crippen LogP contribution in [-0.2, 0) is 6.54 Å². The highest BCUT2D eigenvalue weighted by Crippen LogP contribution is 2.33. The Morgan fingerprint density at radius 3 is 2.83 bits per heavy atom. The van der Waals surface area contributed by atoms with Crippen molar-refractivity contribution in [1.29, 1.82) is 0 Å². The van der Waals surface area contributed by atoms with Gasteiger partial charge in [0.2, 0.25) is 0 Å². The number of benzene rings is 2. The normalized spacial score (nSPS) is 15.8. The molecule has 2 aromatic carbocycles. The van der Waals surface area contributed by atoms with Crippen LogP contribution in [0.1, 0.15) is 34.8 Å². The summed E-state index contributed by atoms with van der Waals surface area (Å²) in [6, 6.07) is 13.0. The fourth-order valence-electron chi connectivity index (χ4n) is 4.41. The smallest absolute Gasteiger partial charge is 0.255 e. The molecule has 1 aliphatic rings. The highest BCUT2D eigenvalue weighted by molar-refractivity contribution is 6.31. The van der Waals surface area contributed by atoms with E-state index in [1.807, 2.05) is 28.9 Å². The maximum Gasteiger partial charge on any atom is 0.255 e. The van der Waals surface area contributed by atoms with E-state index in [0.717, 1.165) is 53.8 Å². The van der Waals surface area contributed by atoms with Gasteiger partial charge in [-0.2, -0.15) is 5.10 Å². The summed E-state index contributed by atoms with van der Waals surface area (Å²) in [6.45, 7) is 2.21. The van der Waals surface area contributed by atoms with E-state index >= 15 is 0 Å². The van der Waals surface area contributed by atoms with E-state index in [2.05, 4.69) is 20.6 Å². The Labute approximate surface area is 207 Å². The number of nitrogens with two attached hydrogens (primary N) is 1. The third-order valence-electron chi connectivity index (χ3n) is 6.22. The highest BCUT2D eigenvalue weighted by atomic mass is 35.5. The maximum absolute atomic E-state index is 12.7. The first-order chi connectivity index (χ1) is 17.0. The van der Waals surface area contributed by atoms with Gasteiger partial charge >= 0.3 is 0 Å². The van der Waals surface area contributed by atoms with Crippen LogP contribution in [0.3, 0.4) is 0 Å². The van der Waals surface area contributed by atoms with Gasteiger partial charge in [-0.25, -0.2) is 14.6 Å². The lowest BCUT2D eigenvalue weighted by molar-refractivity contribution is 0.0948. The van der Waals surface area contributed by atoms with E-state index in [9.17, 15) is 4.79 Å². The summed E-state index contributed by atoms with van der Waals surface area (Å²) < 4.78 is 7.25. The van der Waals surface area contributed by atoms with Gasteiger partial charge in [0.15, 0.2) is 5.65 Å². The number of piperidine rings is 1. The van der Waals surface area contributed by atoms with Crippen molar-refractivity contribution in [3.05, 3.63) is 64.9 Å². The number of methoxy groups -OCH3 is 1. The number of aromatic nitrogens is 4. The van der Waals surface area contributed by atoms with Gasteiger partial charge in [0.1, 0.15) is 23.6 Å². The maximum atomic E-state index is 12.7. The van der Waals surface area contributed by atoms with Crippen LogP contribution in [0.5, 0.6) is 5.75 Å². The van der Waals surface area contributed by atoms with Crippen LogP contribution < -0.4 is 21.1 Å². The molecule has 4 aromatic rings. The minimum atomic E-state index is -0.260. The van der Waals surface area contributed by atoms with Crippen molar-refractivity contribution >= 4 is 34.4 Å². The number of halogens is 1. The first-order valence-electron chi connectivity index (χ1n) is 11.5. The molecule has 1 aliphatic heterocycles. The lowest BCUT2D eigenvalue weighted by Crippen LogP contribution is -2.32. The number of fused-ring (bicyclic) bond motifs is 1. The number of anilines is 1. The van der Waals surface area contributed by atoms with Gasteiger partial charge in [-0.05, 0) is 43.1 Å². The van der Waals surface area contributed by atoms with Crippen molar-refractivity contribution in [2.75, 3.05) is 25.9 Å². The van der Waals surface area contributed by atoms with Crippen molar-refractivity contribution in [3.8, 4) is 17.0 Å². The zero-order valence-electron chi connectivity index (χ0n) is 19.3. The monoisotopic (exact) mass is 491 g/mol. The molecule has 0 unspecified atom stereocenters. The predicted octanol–water partition coefficient (Wildman–Crippen LogP) is 3.59. The predicted molar refractivity (Wildman–Crippen MR) is 135 cm³/mol. The van der Waals surface area contributed by atoms with Gasteiger partial charge in [0, 0.05) is 23.7 Å². The molecular weight excluding hydrogens is 466 g/mol. The first-order valence-corrected chi connectivity index (χ1v) is 11.8. The van der Waals surface area contributed by atoms with Crippen LogP contribution in [0.15, 0.2) is 48.8 Å². The Bertz CT molecular complexity index is 1360. The van der Waals surface area contributed by atoms with E-state index in [1.54, 1.807) is 18.2 Å². The summed E-state index contributed by atoms with van der Waals surface area (Å²) in [5, 5.41) is 12.5. The van der Waals surface area contributed by atoms with E-state index in [-0.39, 0.29) is 11.9 Å². The van der Waals surface area contributed by atoms with E-state index < -0.39 is 0 Å². The molecule has 9 nitrogen and oxygen atoms in total. The van der Waals surface area contributed by atoms with Crippen molar-refractivity contribution in [2.24, 2.45) is 0 Å². The lowest BCUT2D eigenvalue weighted by Gasteiger charge is -2.23. The standard InChI is InChI=1S/C25H26ClN7O2/c1-35-20-9-8-17(26)11-19(20)25(34)29-12-15-4-6-16(7-5-15)22-21-23(27)30-14-31-24(21)33(32-22)18-3-2-10-28-13-18/h4-9,11,14,18,28H,2-3,10,12-13H2,1H3,(H,29,34)(H2,27,30,31)/t18-/m1/s1. The summed E-state index contributed by atoms with van der Waals surface area (Å²) in [5.74, 6) is 0.619. The number of carbonyl (C=O) groups excluding carboxylic acids is 1. The minimum absolute atomic E-state index is 0.215. The number of carbonyl (C=O) groups is 1. The number of nitrogens with one attached hydrogen (secondary N) is 2. The van der Waals surface area contributed by atoms with Crippen molar-refractivity contribution in [3.63, 3.8) is 0 Å². The van der Waals surface area contributed by atoms with Crippen LogP contribution in [0, 0.1) is 0 Å². The Morgan fingerprint density at radius 1 is 1.26 bits per heavy atom. The SMILES string of the molecule is COc1ccc(Cl)cc1C(=O)NCc1ccc(-c2nn([C@@H]3CCCNC3)c3ncnc(N)c23)cc1. The van der Waals surface area contributed by atoms with Gasteiger partial charge in [-0.1, -0.05) is 35.9 Å². The number of rotatable bonds is 6. The molecule has 0 saturated carbocycles. The molecule has 35 heavy (non-hydrogen) atoms. The molecule has 1 amide bonds. The molecular formula is C25H26ClN7O2. The third kappa shape index (κ3) is 4.65. The number of hydrogen-bond acceptors (Lipinski definition) is 7. The van der Waals surface area contributed by atoms with Crippen LogP contribution in [0.4, 0.5) is 5.82 Å². The molecule has 0 aliphatic carbocycles. The second kappa shape index (κ2) is 9.89. The quantitative estimate of drug-likeness (QED) is 0.377. The molecule has 1 atom stereocenters. The van der Waals surface area contributed by atoms with Crippen molar-refractivity contribution in [1.82, 2.24) is 30.4 Å². The third-order valence-corrected chi connectivity index (χ3v) is 6.46. The molecule has 1 saturated heterocycles. The summed E-state index contributed by atoms with van der Waals surface area (Å²) >= 11 is 6.05. The first kappa shape index (κ1) is 23.1. The summed E-state index contributed by atoms with van der Waals surface area (Å²) in [4.78, 5) is 21.4. The average Bonchev–Trinajstić information content (AvgIpc) is 3.29. The number of hydrogen-bond donors (Lipinski definition) is 3. The fraction of sp³-hybridized carbons (Fsp3) is 0.280. The molecule has 4 N–H and O–H groups in total. The highest BCUT2D eigenvalue weighted by Gasteiger charge is 2.23. The van der Waals surface area contributed by atoms with E-state index in [0.29, 0.717) is 28.7 Å². The van der Waals surface area contributed by atoms with Crippen LogP contribution in [0.25, 0.3) is 22.3 Å². The fourth-order valence-corrected chi connectivity index (χ4v) is 4.58. The largest absolute Gasteiger partial charge is 0.496 e. The van der Waals surface area contributed by atoms with Gasteiger partial charge in [-0.3, -0.25) is 4.79 Å². The molecule has 0 spiro atoms. The number of ether oxygens (including phenoxy) is 1. The minimum Gasteiger partial charge on any atom is -0.496 e. The molecule has 0 bridgehead atoms. The summed E-state index contributed by atoms with van der Waals surface area (Å²) in [5.41, 5.74) is 9.98. The number of nitrogens with zero attached hydrogens (tertiary/aromatic N) is 4. The van der Waals surface area contributed by atoms with Crippen LogP contribution >= 0.6 is 11.6 Å². The van der Waals surface area contributed by atoms with Gasteiger partial charge in [0.05, 0.1) is 24.1 Å². The van der Waals surface area contributed by atoms with Crippen LogP contribution in [-0.4, -0.2) is 45.9 Å². The topological polar surface area (TPSA) is 120 Å². The zero-order valence-corrected chi connectivity index (χ0v) is 20.0. The molecule has 10 heteroatoms. The van der Waals surface area contributed by atoms with Gasteiger partial charge in [-0.15, -0.1) is 0 Å². The molecule has 1 fully saturated rings. The van der Waals surface area contributed by atoms with Crippen molar-refractivity contribution < 1.29 is 9.53 Å². The van der Waals surface area contributed by atoms with E-state index in [1.165, 1.54) is 13.4 Å². The second-order valence-electron chi connectivity index (χ2n) is 8.48. The Morgan fingerprint density at radius 2 is 2.09 bits per heavy atom. The van der Waals surface area contributed by atoms with E-state index in [4.69, 9.17) is 27.2 Å². The average molecular weight is 492 g/mol. The van der Waals surface area contributed by atoms with Gasteiger partial charge in [0.25, 0.3) is 5.91 Å². The zero-order chi connectivity index (χ0) is 24.4. The Balaban J connectivity index is 1.38. The van der Waals surface area contributed by atoms with Crippen molar-refractivity contribution in [2.45, 2.75) is 25.4 Å².